The van der Waals surface area contributed by atoms with Crippen molar-refractivity contribution >= 4 is 5.97 Å². The number of carbonyl (C=O) groups is 1. The van der Waals surface area contributed by atoms with Gasteiger partial charge in [0.25, 0.3) is 5.79 Å². The molecular formula is C6H10O6. The normalized spacial score (nSPS) is 42.6. The van der Waals surface area contributed by atoms with Crippen molar-refractivity contribution in [3.05, 3.63) is 0 Å². The minimum atomic E-state index is -2.36. The van der Waals surface area contributed by atoms with E-state index in [9.17, 15) is 4.79 Å². The highest BCUT2D eigenvalue weighted by atomic mass is 16.7. The zero-order valence-corrected chi connectivity index (χ0v) is 6.17. The summed E-state index contributed by atoms with van der Waals surface area (Å²) in [6, 6.07) is 0. The smallest absolute Gasteiger partial charge is 0.364 e. The number of aliphatic carboxylic acids is 1. The van der Waals surface area contributed by atoms with Crippen molar-refractivity contribution in [1.82, 2.24) is 0 Å². The fourth-order valence-corrected chi connectivity index (χ4v) is 0.962. The van der Waals surface area contributed by atoms with Gasteiger partial charge < -0.3 is 25.2 Å². The molecule has 3 atom stereocenters. The molecule has 6 nitrogen and oxygen atoms in total. The van der Waals surface area contributed by atoms with Gasteiger partial charge in [0.1, 0.15) is 6.10 Å². The summed E-state index contributed by atoms with van der Waals surface area (Å²) in [5.41, 5.74) is 0. The molecule has 0 aromatic rings. The van der Waals surface area contributed by atoms with Gasteiger partial charge in [-0.3, -0.25) is 0 Å². The van der Waals surface area contributed by atoms with Crippen molar-refractivity contribution < 1.29 is 30.0 Å². The van der Waals surface area contributed by atoms with Gasteiger partial charge in [-0.05, 0) is 0 Å². The molecule has 1 fully saturated rings. The van der Waals surface area contributed by atoms with Crippen LogP contribution in [0.5, 0.6) is 0 Å². The molecule has 0 amide bonds. The second kappa shape index (κ2) is 2.98. The van der Waals surface area contributed by atoms with Crippen LogP contribution in [0.15, 0.2) is 0 Å². The third-order valence-corrected chi connectivity index (χ3v) is 1.76. The van der Waals surface area contributed by atoms with Crippen molar-refractivity contribution in [1.29, 1.82) is 0 Å². The molecule has 0 bridgehead atoms. The molecule has 6 heteroatoms. The van der Waals surface area contributed by atoms with E-state index in [4.69, 9.17) is 20.4 Å². The standard InChI is InChI=1S/C6H10O6/c7-3-1-6(11,5(9)10)12-2-4(3)8/h3-4,7-8,11H,1-2H2,(H,9,10)/t3-,4-,6-/m1/s1. The Morgan fingerprint density at radius 2 is 2.00 bits per heavy atom. The van der Waals surface area contributed by atoms with Crippen molar-refractivity contribution in [2.75, 3.05) is 6.61 Å². The van der Waals surface area contributed by atoms with E-state index in [1.54, 1.807) is 0 Å². The zero-order chi connectivity index (χ0) is 9.35. The summed E-state index contributed by atoms with van der Waals surface area (Å²) in [4.78, 5) is 10.4. The van der Waals surface area contributed by atoms with Gasteiger partial charge >= 0.3 is 5.97 Å². The van der Waals surface area contributed by atoms with E-state index in [0.717, 1.165) is 0 Å². The molecule has 0 radical (unpaired) electrons. The van der Waals surface area contributed by atoms with E-state index in [0.29, 0.717) is 0 Å². The Labute approximate surface area is 68.0 Å². The lowest BCUT2D eigenvalue weighted by molar-refractivity contribution is -0.267. The lowest BCUT2D eigenvalue weighted by Gasteiger charge is -2.33. The quantitative estimate of drug-likeness (QED) is 0.366. The van der Waals surface area contributed by atoms with Gasteiger partial charge in [0, 0.05) is 6.42 Å². The predicted molar refractivity (Wildman–Crippen MR) is 35.2 cm³/mol. The van der Waals surface area contributed by atoms with Crippen LogP contribution < -0.4 is 0 Å². The maximum absolute atomic E-state index is 10.4. The molecular weight excluding hydrogens is 168 g/mol. The third kappa shape index (κ3) is 1.56. The lowest BCUT2D eigenvalue weighted by atomic mass is 10.0. The topological polar surface area (TPSA) is 107 Å². The minimum Gasteiger partial charge on any atom is -0.477 e. The Bertz CT molecular complexity index is 192. The Hall–Kier alpha value is -0.690. The molecule has 0 aromatic carbocycles. The third-order valence-electron chi connectivity index (χ3n) is 1.76. The van der Waals surface area contributed by atoms with Crippen molar-refractivity contribution in [2.45, 2.75) is 24.4 Å². The first-order valence-corrected chi connectivity index (χ1v) is 3.41. The van der Waals surface area contributed by atoms with Crippen molar-refractivity contribution in [2.24, 2.45) is 0 Å². The maximum Gasteiger partial charge on any atom is 0.364 e. The molecule has 0 saturated carbocycles. The van der Waals surface area contributed by atoms with E-state index in [1.165, 1.54) is 0 Å². The van der Waals surface area contributed by atoms with Gasteiger partial charge in [0.15, 0.2) is 0 Å². The summed E-state index contributed by atoms with van der Waals surface area (Å²) in [6.07, 6.45) is -2.92. The molecule has 4 N–H and O–H groups in total. The van der Waals surface area contributed by atoms with Crippen LogP contribution in [0.4, 0.5) is 0 Å². The van der Waals surface area contributed by atoms with Gasteiger partial charge in [-0.15, -0.1) is 0 Å². The summed E-state index contributed by atoms with van der Waals surface area (Å²) in [5, 5.41) is 35.5. The Balaban J connectivity index is 2.66. The second-order valence-corrected chi connectivity index (χ2v) is 2.74. The van der Waals surface area contributed by atoms with Crippen LogP contribution in [-0.4, -0.2) is 51.0 Å². The van der Waals surface area contributed by atoms with Crippen LogP contribution in [0.25, 0.3) is 0 Å². The Morgan fingerprint density at radius 1 is 1.42 bits per heavy atom. The van der Waals surface area contributed by atoms with Gasteiger partial charge in [0.05, 0.1) is 12.7 Å². The largest absolute Gasteiger partial charge is 0.477 e. The number of rotatable bonds is 1. The average Bonchev–Trinajstić information content (AvgIpc) is 1.97. The average molecular weight is 178 g/mol. The van der Waals surface area contributed by atoms with Gasteiger partial charge in [-0.1, -0.05) is 0 Å². The lowest BCUT2D eigenvalue weighted by Crippen LogP contribution is -2.53. The fourth-order valence-electron chi connectivity index (χ4n) is 0.962. The number of carboxylic acids is 1. The van der Waals surface area contributed by atoms with Gasteiger partial charge in [-0.2, -0.15) is 0 Å². The SMILES string of the molecule is O=C(O)[C@@]1(O)C[C@@H](O)[C@H](O)CO1. The molecule has 1 rings (SSSR count). The molecule has 0 unspecified atom stereocenters. The highest BCUT2D eigenvalue weighted by molar-refractivity contribution is 5.75. The fraction of sp³-hybridized carbons (Fsp3) is 0.833. The highest BCUT2D eigenvalue weighted by Gasteiger charge is 2.45. The number of hydrogen-bond donors (Lipinski definition) is 4. The number of aliphatic hydroxyl groups excluding tert-OH is 2. The van der Waals surface area contributed by atoms with Gasteiger partial charge in [-0.25, -0.2) is 4.79 Å². The number of hydrogen-bond acceptors (Lipinski definition) is 5. The summed E-state index contributed by atoms with van der Waals surface area (Å²) >= 11 is 0. The first kappa shape index (κ1) is 9.40. The van der Waals surface area contributed by atoms with Crippen LogP contribution in [0.2, 0.25) is 0 Å². The van der Waals surface area contributed by atoms with E-state index in [-0.39, 0.29) is 6.61 Å². The second-order valence-electron chi connectivity index (χ2n) is 2.74. The van der Waals surface area contributed by atoms with E-state index < -0.39 is 30.4 Å². The van der Waals surface area contributed by atoms with E-state index in [2.05, 4.69) is 4.74 Å². The molecule has 70 valence electrons. The van der Waals surface area contributed by atoms with Crippen LogP contribution >= 0.6 is 0 Å². The Morgan fingerprint density at radius 3 is 2.42 bits per heavy atom. The summed E-state index contributed by atoms with van der Waals surface area (Å²) in [7, 11) is 0. The van der Waals surface area contributed by atoms with E-state index >= 15 is 0 Å². The van der Waals surface area contributed by atoms with Crippen LogP contribution in [0.3, 0.4) is 0 Å². The predicted octanol–water partition coefficient (Wildman–Crippen LogP) is -2.10. The molecule has 1 saturated heterocycles. The van der Waals surface area contributed by atoms with Crippen LogP contribution in [0.1, 0.15) is 6.42 Å². The van der Waals surface area contributed by atoms with Crippen molar-refractivity contribution in [3.63, 3.8) is 0 Å². The maximum atomic E-state index is 10.4. The summed E-state index contributed by atoms with van der Waals surface area (Å²) in [5.74, 6) is -3.92. The Kier molecular flexibility index (Phi) is 2.34. The van der Waals surface area contributed by atoms with Crippen molar-refractivity contribution in [3.8, 4) is 0 Å². The number of aliphatic hydroxyl groups is 3. The molecule has 0 aliphatic carbocycles. The summed E-state index contributed by atoms with van der Waals surface area (Å²) < 4.78 is 4.46. The number of ether oxygens (including phenoxy) is 1. The first-order chi connectivity index (χ1) is 5.46. The minimum absolute atomic E-state index is 0.385. The zero-order valence-electron chi connectivity index (χ0n) is 6.17. The molecule has 0 spiro atoms. The monoisotopic (exact) mass is 178 g/mol. The van der Waals surface area contributed by atoms with E-state index in [1.807, 2.05) is 0 Å². The summed E-state index contributed by atoms with van der Waals surface area (Å²) in [6.45, 7) is -0.385. The highest BCUT2D eigenvalue weighted by Crippen LogP contribution is 2.22. The van der Waals surface area contributed by atoms with Gasteiger partial charge in [0.2, 0.25) is 0 Å². The molecule has 1 heterocycles. The number of carboxylic acid groups (broad SMARTS) is 1. The van der Waals surface area contributed by atoms with Crippen LogP contribution in [-0.2, 0) is 9.53 Å². The molecule has 12 heavy (non-hydrogen) atoms. The van der Waals surface area contributed by atoms with Crippen LogP contribution in [0, 0.1) is 0 Å². The molecule has 1 aliphatic heterocycles. The molecule has 1 aliphatic rings. The first-order valence-electron chi connectivity index (χ1n) is 3.41. The molecule has 0 aromatic heterocycles.